The fraction of sp³-hybridized carbons (Fsp3) is 0.357. The Morgan fingerprint density at radius 3 is 1.65 bits per heavy atom. The van der Waals surface area contributed by atoms with Crippen molar-refractivity contribution in [1.82, 2.24) is 15.1 Å². The van der Waals surface area contributed by atoms with E-state index in [4.69, 9.17) is 11.8 Å². The molecule has 0 unspecified atom stereocenters. The van der Waals surface area contributed by atoms with Gasteiger partial charge < -0.3 is 15.1 Å². The summed E-state index contributed by atoms with van der Waals surface area (Å²) in [7, 11) is 0. The van der Waals surface area contributed by atoms with E-state index in [0.717, 1.165) is 44.5 Å². The molecule has 4 aromatic carbocycles. The van der Waals surface area contributed by atoms with Crippen molar-refractivity contribution in [3.05, 3.63) is 144 Å². The van der Waals surface area contributed by atoms with E-state index in [1.807, 2.05) is 70.5 Å². The third-order valence-electron chi connectivity index (χ3n) is 10.7. The standard InChI is InChI=1S/C21H24N2O.C21H22N2O.2O.Pt.H2S.H2/c2*1-16(18-10-6-3-7-11-18)22-19-15-23(20(24)21(19)12-13-21)14-17-8-4-2-5-9-17;;;;;/h2-11,16,19,22H,12-15H2,1H3;2-11,16H,12-15H2,1H3;;;;1H2;1H/t16-,19-;16-;;;;;/m11...../s1. The summed E-state index contributed by atoms with van der Waals surface area (Å²) in [5.74, 6) is 0.606. The molecule has 0 radical (unpaired) electrons. The SMILES string of the molecule is C[C@@H](N=C1CN(Cc2ccccc2)C(=O)C12CC2)c1ccccc1.C[C@@H](N[C@@H]1CN(Cc2ccccc2)C(=O)C12CC2)c1ccccc1.S.[HH].[O]=[Pt]=[O]. The summed E-state index contributed by atoms with van der Waals surface area (Å²) in [5.41, 5.74) is 5.53. The molecule has 4 aliphatic rings. The molecule has 2 saturated carbocycles. The van der Waals surface area contributed by atoms with Gasteiger partial charge in [0.1, 0.15) is 0 Å². The number of nitrogens with zero attached hydrogens (tertiary/aromatic N) is 3. The van der Waals surface area contributed by atoms with Crippen LogP contribution in [0.15, 0.2) is 126 Å². The number of aliphatic imine (C=N–C) groups is 1. The Bertz CT molecular complexity index is 1860. The number of carbonyl (C=O) groups is 2. The van der Waals surface area contributed by atoms with Crippen LogP contribution in [0.5, 0.6) is 0 Å². The molecule has 0 aromatic heterocycles. The van der Waals surface area contributed by atoms with Crippen LogP contribution < -0.4 is 5.32 Å². The molecule has 2 aliphatic carbocycles. The average molecular weight is 902 g/mol. The number of carbonyl (C=O) groups excluding carboxylic acids is 2. The monoisotopic (exact) mass is 901 g/mol. The van der Waals surface area contributed by atoms with Gasteiger partial charge in [-0.05, 0) is 61.8 Å². The van der Waals surface area contributed by atoms with Gasteiger partial charge >= 0.3 is 25.3 Å². The van der Waals surface area contributed by atoms with Crippen LogP contribution in [-0.4, -0.2) is 46.5 Å². The second kappa shape index (κ2) is 17.7. The summed E-state index contributed by atoms with van der Waals surface area (Å²) >= 11 is -1.92. The number of likely N-dealkylation sites (tertiary alicyclic amines) is 2. The maximum atomic E-state index is 12.9. The topological polar surface area (TPSA) is 99.2 Å². The quantitative estimate of drug-likeness (QED) is 0.186. The van der Waals surface area contributed by atoms with Crippen molar-refractivity contribution in [3.8, 4) is 0 Å². The number of amides is 2. The molecule has 3 atom stereocenters. The molecule has 10 heteroatoms. The molecule has 1 N–H and O–H groups in total. The number of benzene rings is 4. The van der Waals surface area contributed by atoms with E-state index in [1.54, 1.807) is 0 Å². The van der Waals surface area contributed by atoms with Crippen LogP contribution in [0.25, 0.3) is 0 Å². The van der Waals surface area contributed by atoms with E-state index < -0.39 is 18.5 Å². The van der Waals surface area contributed by atoms with Crippen molar-refractivity contribution in [2.24, 2.45) is 15.8 Å². The first-order chi connectivity index (χ1) is 24.8. The van der Waals surface area contributed by atoms with Crippen LogP contribution in [-0.2, 0) is 48.0 Å². The number of hydrogen-bond donors (Lipinski definition) is 1. The predicted molar refractivity (Wildman–Crippen MR) is 205 cm³/mol. The molecule has 2 aliphatic heterocycles. The minimum atomic E-state index is -1.92. The molecule has 2 amide bonds. The molecule has 52 heavy (non-hydrogen) atoms. The normalized spacial score (nSPS) is 20.8. The minimum absolute atomic E-state index is 0. The van der Waals surface area contributed by atoms with E-state index >= 15 is 0 Å². The zero-order chi connectivity index (χ0) is 35.8. The summed E-state index contributed by atoms with van der Waals surface area (Å²) < 4.78 is 17.0. The second-order valence-corrected chi connectivity index (χ2v) is 14.5. The van der Waals surface area contributed by atoms with Crippen LogP contribution in [0.2, 0.25) is 0 Å². The predicted octanol–water partition coefficient (Wildman–Crippen LogP) is 7.66. The Kier molecular flexibility index (Phi) is 13.4. The molecule has 0 bridgehead atoms. The van der Waals surface area contributed by atoms with Gasteiger partial charge in [0, 0.05) is 38.9 Å². The Morgan fingerprint density at radius 1 is 0.712 bits per heavy atom. The van der Waals surface area contributed by atoms with E-state index in [0.29, 0.717) is 19.0 Å². The van der Waals surface area contributed by atoms with Gasteiger partial charge in [0.15, 0.2) is 0 Å². The van der Waals surface area contributed by atoms with Crippen molar-refractivity contribution in [3.63, 3.8) is 0 Å². The summed E-state index contributed by atoms with van der Waals surface area (Å²) in [4.78, 5) is 34.7. The van der Waals surface area contributed by atoms with Crippen molar-refractivity contribution in [2.45, 2.75) is 70.7 Å². The molecule has 4 aromatic rings. The molecule has 8 rings (SSSR count). The summed E-state index contributed by atoms with van der Waals surface area (Å²) in [5, 5.41) is 3.73. The third-order valence-corrected chi connectivity index (χ3v) is 10.7. The van der Waals surface area contributed by atoms with Crippen molar-refractivity contribution in [2.75, 3.05) is 13.1 Å². The first kappa shape index (κ1) is 39.3. The maximum absolute atomic E-state index is 12.9. The van der Waals surface area contributed by atoms with Crippen LogP contribution >= 0.6 is 13.5 Å². The molecule has 2 spiro atoms. The summed E-state index contributed by atoms with van der Waals surface area (Å²) in [6.45, 7) is 7.19. The number of rotatable bonds is 9. The van der Waals surface area contributed by atoms with Gasteiger partial charge in [-0.25, -0.2) is 0 Å². The third kappa shape index (κ3) is 8.99. The number of nitrogens with one attached hydrogen (secondary N) is 1. The van der Waals surface area contributed by atoms with Gasteiger partial charge in [-0.2, -0.15) is 13.5 Å². The Morgan fingerprint density at radius 2 is 1.17 bits per heavy atom. The number of hydrogen-bond acceptors (Lipinski definition) is 6. The molecular weight excluding hydrogens is 852 g/mol. The second-order valence-electron chi connectivity index (χ2n) is 14.1. The van der Waals surface area contributed by atoms with Crippen molar-refractivity contribution >= 4 is 31.0 Å². The molecule has 8 nitrogen and oxygen atoms in total. The fourth-order valence-corrected chi connectivity index (χ4v) is 7.52. The van der Waals surface area contributed by atoms with Gasteiger partial charge in [0.05, 0.1) is 23.4 Å². The van der Waals surface area contributed by atoms with Crippen LogP contribution in [0.4, 0.5) is 0 Å². The van der Waals surface area contributed by atoms with Gasteiger partial charge in [-0.1, -0.05) is 121 Å². The zero-order valence-corrected chi connectivity index (χ0v) is 33.0. The van der Waals surface area contributed by atoms with E-state index in [-0.39, 0.29) is 49.8 Å². The Hall–Kier alpha value is -3.91. The Labute approximate surface area is 324 Å². The fourth-order valence-electron chi connectivity index (χ4n) is 7.52. The van der Waals surface area contributed by atoms with E-state index in [9.17, 15) is 9.59 Å². The van der Waals surface area contributed by atoms with Gasteiger partial charge in [-0.3, -0.25) is 14.6 Å². The Balaban J connectivity index is 0.000000213. The van der Waals surface area contributed by atoms with Crippen molar-refractivity contribution in [1.29, 1.82) is 0 Å². The molecule has 2 heterocycles. The van der Waals surface area contributed by atoms with Crippen molar-refractivity contribution < 1.29 is 36.3 Å². The van der Waals surface area contributed by atoms with Gasteiger partial charge in [0.25, 0.3) is 0 Å². The molecule has 4 fully saturated rings. The van der Waals surface area contributed by atoms with E-state index in [1.165, 1.54) is 22.3 Å². The van der Waals surface area contributed by atoms with Gasteiger partial charge in [-0.15, -0.1) is 0 Å². The first-order valence-electron chi connectivity index (χ1n) is 17.7. The summed E-state index contributed by atoms with van der Waals surface area (Å²) in [6, 6.07) is 41.9. The first-order valence-corrected chi connectivity index (χ1v) is 19.6. The molecule has 278 valence electrons. The van der Waals surface area contributed by atoms with Gasteiger partial charge in [0.2, 0.25) is 11.8 Å². The molecular formula is C42H50N4O4PtS. The van der Waals surface area contributed by atoms with E-state index in [2.05, 4.69) is 79.8 Å². The summed E-state index contributed by atoms with van der Waals surface area (Å²) in [6.07, 6.45) is 3.96. The average Bonchev–Trinajstić information content (AvgIpc) is 4.09. The van der Waals surface area contributed by atoms with Crippen LogP contribution in [0.3, 0.4) is 0 Å². The zero-order valence-electron chi connectivity index (χ0n) is 29.7. The van der Waals surface area contributed by atoms with Crippen LogP contribution in [0.1, 0.15) is 75.3 Å². The molecule has 2 saturated heterocycles. The van der Waals surface area contributed by atoms with Crippen LogP contribution in [0, 0.1) is 10.8 Å².